The lowest BCUT2D eigenvalue weighted by Gasteiger charge is -2.18. The van der Waals surface area contributed by atoms with Crippen LogP contribution >= 0.6 is 0 Å². The van der Waals surface area contributed by atoms with Crippen molar-refractivity contribution in [1.29, 1.82) is 0 Å². The van der Waals surface area contributed by atoms with Crippen LogP contribution in [0.1, 0.15) is 25.3 Å². The molecule has 0 aromatic heterocycles. The zero-order chi connectivity index (χ0) is 13.5. The lowest BCUT2D eigenvalue weighted by molar-refractivity contribution is -0.128. The van der Waals surface area contributed by atoms with E-state index in [1.54, 1.807) is 13.2 Å². The van der Waals surface area contributed by atoms with Gasteiger partial charge in [-0.05, 0) is 31.0 Å². The molecule has 0 fully saturated rings. The predicted molar refractivity (Wildman–Crippen MR) is 69.4 cm³/mol. The molecule has 1 aromatic carbocycles. The number of nitrogens with two attached hydrogens (primary N) is 1. The molecule has 0 aliphatic carbocycles. The first-order chi connectivity index (χ1) is 8.62. The molecule has 0 saturated heterocycles. The maximum atomic E-state index is 11.6. The molecule has 1 aromatic rings. The summed E-state index contributed by atoms with van der Waals surface area (Å²) in [6.45, 7) is 3.94. The fraction of sp³-hybridized carbons (Fsp3) is 0.462. The number of carbonyl (C=O) groups excluding carboxylic acids is 1. The summed E-state index contributed by atoms with van der Waals surface area (Å²) in [5, 5.41) is 0. The maximum absolute atomic E-state index is 11.6. The minimum absolute atomic E-state index is 0.334. The van der Waals surface area contributed by atoms with E-state index in [1.165, 1.54) is 0 Å². The van der Waals surface area contributed by atoms with Gasteiger partial charge in [0.15, 0.2) is 17.6 Å². The SMILES string of the molecule is CCCC(Oc1ccc(C)cc1OC)C(=O)NN. The van der Waals surface area contributed by atoms with Gasteiger partial charge in [0, 0.05) is 0 Å². The van der Waals surface area contributed by atoms with E-state index in [0.29, 0.717) is 17.9 Å². The van der Waals surface area contributed by atoms with Crippen molar-refractivity contribution in [1.82, 2.24) is 5.43 Å². The van der Waals surface area contributed by atoms with E-state index in [0.717, 1.165) is 12.0 Å². The number of amides is 1. The number of ether oxygens (including phenoxy) is 2. The second kappa shape index (κ2) is 6.86. The summed E-state index contributed by atoms with van der Waals surface area (Å²) in [6, 6.07) is 5.56. The Labute approximate surface area is 107 Å². The highest BCUT2D eigenvalue weighted by molar-refractivity contribution is 5.80. The van der Waals surface area contributed by atoms with Crippen LogP contribution in [0.3, 0.4) is 0 Å². The van der Waals surface area contributed by atoms with Crippen LogP contribution in [0, 0.1) is 6.92 Å². The fourth-order valence-corrected chi connectivity index (χ4v) is 1.62. The lowest BCUT2D eigenvalue weighted by atomic mass is 10.2. The molecule has 1 rings (SSSR count). The molecule has 3 N–H and O–H groups in total. The number of benzene rings is 1. The smallest absolute Gasteiger partial charge is 0.274 e. The summed E-state index contributed by atoms with van der Waals surface area (Å²) >= 11 is 0. The van der Waals surface area contributed by atoms with E-state index in [9.17, 15) is 4.79 Å². The van der Waals surface area contributed by atoms with Gasteiger partial charge in [-0.1, -0.05) is 19.4 Å². The van der Waals surface area contributed by atoms with Crippen molar-refractivity contribution in [2.75, 3.05) is 7.11 Å². The molecule has 1 amide bonds. The molecular formula is C13H20N2O3. The molecule has 5 heteroatoms. The zero-order valence-corrected chi connectivity index (χ0v) is 11.0. The predicted octanol–water partition coefficient (Wildman–Crippen LogP) is 1.54. The van der Waals surface area contributed by atoms with Gasteiger partial charge in [0.2, 0.25) is 0 Å². The van der Waals surface area contributed by atoms with Gasteiger partial charge in [-0.25, -0.2) is 5.84 Å². The van der Waals surface area contributed by atoms with Crippen molar-refractivity contribution in [2.45, 2.75) is 32.8 Å². The van der Waals surface area contributed by atoms with Crippen LogP contribution < -0.4 is 20.7 Å². The second-order valence-electron chi connectivity index (χ2n) is 4.06. The van der Waals surface area contributed by atoms with Gasteiger partial charge in [0.05, 0.1) is 7.11 Å². The summed E-state index contributed by atoms with van der Waals surface area (Å²) in [4.78, 5) is 11.6. The van der Waals surface area contributed by atoms with E-state index in [-0.39, 0.29) is 5.91 Å². The van der Waals surface area contributed by atoms with E-state index in [4.69, 9.17) is 15.3 Å². The van der Waals surface area contributed by atoms with E-state index in [2.05, 4.69) is 5.43 Å². The number of hydrazine groups is 1. The molecule has 0 aliphatic heterocycles. The van der Waals surface area contributed by atoms with Crippen LogP contribution in [0.15, 0.2) is 18.2 Å². The van der Waals surface area contributed by atoms with Crippen LogP contribution in [0.2, 0.25) is 0 Å². The summed E-state index contributed by atoms with van der Waals surface area (Å²) in [6.07, 6.45) is 0.823. The standard InChI is InChI=1S/C13H20N2O3/c1-4-5-11(13(16)15-14)18-10-7-6-9(2)8-12(10)17-3/h6-8,11H,4-5,14H2,1-3H3,(H,15,16). The third-order valence-electron chi connectivity index (χ3n) is 2.57. The third-order valence-corrected chi connectivity index (χ3v) is 2.57. The number of carbonyl (C=O) groups is 1. The van der Waals surface area contributed by atoms with Gasteiger partial charge in [0.25, 0.3) is 5.91 Å². The first-order valence-electron chi connectivity index (χ1n) is 5.94. The number of hydrogen-bond acceptors (Lipinski definition) is 4. The van der Waals surface area contributed by atoms with Crippen molar-refractivity contribution in [3.8, 4) is 11.5 Å². The van der Waals surface area contributed by atoms with E-state index < -0.39 is 6.10 Å². The molecule has 0 spiro atoms. The van der Waals surface area contributed by atoms with Crippen molar-refractivity contribution < 1.29 is 14.3 Å². The quantitative estimate of drug-likeness (QED) is 0.457. The molecule has 18 heavy (non-hydrogen) atoms. The van der Waals surface area contributed by atoms with Crippen LogP contribution in [0.4, 0.5) is 0 Å². The Morgan fingerprint density at radius 3 is 2.72 bits per heavy atom. The fourth-order valence-electron chi connectivity index (χ4n) is 1.62. The molecule has 0 saturated carbocycles. The Morgan fingerprint density at radius 2 is 2.17 bits per heavy atom. The highest BCUT2D eigenvalue weighted by atomic mass is 16.5. The lowest BCUT2D eigenvalue weighted by Crippen LogP contribution is -2.42. The Hall–Kier alpha value is -1.75. The van der Waals surface area contributed by atoms with Crippen LogP contribution in [0.25, 0.3) is 0 Å². The van der Waals surface area contributed by atoms with Gasteiger partial charge in [-0.15, -0.1) is 0 Å². The van der Waals surface area contributed by atoms with Crippen LogP contribution in [-0.2, 0) is 4.79 Å². The molecule has 5 nitrogen and oxygen atoms in total. The summed E-state index contributed by atoms with van der Waals surface area (Å²) < 4.78 is 10.9. The Balaban J connectivity index is 2.89. The van der Waals surface area contributed by atoms with Crippen LogP contribution in [-0.4, -0.2) is 19.1 Å². The van der Waals surface area contributed by atoms with Crippen LogP contribution in [0.5, 0.6) is 11.5 Å². The van der Waals surface area contributed by atoms with Crippen molar-refractivity contribution in [3.05, 3.63) is 23.8 Å². The Bertz CT molecular complexity index is 407. The first kappa shape index (κ1) is 14.3. The summed E-state index contributed by atoms with van der Waals surface area (Å²) in [7, 11) is 1.57. The molecule has 0 aliphatic rings. The van der Waals surface area contributed by atoms with Gasteiger partial charge >= 0.3 is 0 Å². The Morgan fingerprint density at radius 1 is 1.44 bits per heavy atom. The molecule has 100 valence electrons. The molecule has 0 bridgehead atoms. The van der Waals surface area contributed by atoms with Crippen molar-refractivity contribution in [3.63, 3.8) is 0 Å². The third kappa shape index (κ3) is 3.63. The number of aryl methyl sites for hydroxylation is 1. The molecule has 0 heterocycles. The average molecular weight is 252 g/mol. The summed E-state index contributed by atoms with van der Waals surface area (Å²) in [5.41, 5.74) is 3.18. The first-order valence-corrected chi connectivity index (χ1v) is 5.94. The number of methoxy groups -OCH3 is 1. The minimum Gasteiger partial charge on any atom is -0.493 e. The highest BCUT2D eigenvalue weighted by Gasteiger charge is 2.20. The number of rotatable bonds is 6. The largest absolute Gasteiger partial charge is 0.493 e. The van der Waals surface area contributed by atoms with Crippen molar-refractivity contribution in [2.24, 2.45) is 5.84 Å². The minimum atomic E-state index is -0.600. The topological polar surface area (TPSA) is 73.6 Å². The van der Waals surface area contributed by atoms with Gasteiger partial charge < -0.3 is 9.47 Å². The molecular weight excluding hydrogens is 232 g/mol. The summed E-state index contributed by atoms with van der Waals surface area (Å²) in [5.74, 6) is 5.97. The van der Waals surface area contributed by atoms with E-state index in [1.807, 2.05) is 26.0 Å². The van der Waals surface area contributed by atoms with E-state index >= 15 is 0 Å². The maximum Gasteiger partial charge on any atom is 0.274 e. The average Bonchev–Trinajstić information content (AvgIpc) is 2.39. The van der Waals surface area contributed by atoms with Gasteiger partial charge in [-0.2, -0.15) is 0 Å². The molecule has 0 radical (unpaired) electrons. The normalized spacial score (nSPS) is 11.8. The second-order valence-corrected chi connectivity index (χ2v) is 4.06. The molecule has 1 atom stereocenters. The van der Waals surface area contributed by atoms with Crippen molar-refractivity contribution >= 4 is 5.91 Å². The highest BCUT2D eigenvalue weighted by Crippen LogP contribution is 2.29. The number of nitrogens with one attached hydrogen (secondary N) is 1. The van der Waals surface area contributed by atoms with Gasteiger partial charge in [-0.3, -0.25) is 10.2 Å². The zero-order valence-electron chi connectivity index (χ0n) is 11.0. The monoisotopic (exact) mass is 252 g/mol. The Kier molecular flexibility index (Phi) is 5.45. The molecule has 1 unspecified atom stereocenters. The number of hydrogen-bond donors (Lipinski definition) is 2. The van der Waals surface area contributed by atoms with Gasteiger partial charge in [0.1, 0.15) is 0 Å².